The summed E-state index contributed by atoms with van der Waals surface area (Å²) < 4.78 is 0. The molecule has 112 valence electrons. The van der Waals surface area contributed by atoms with Gasteiger partial charge in [0.15, 0.2) is 11.0 Å². The lowest BCUT2D eigenvalue weighted by atomic mass is 10.3. The van der Waals surface area contributed by atoms with Gasteiger partial charge < -0.3 is 0 Å². The molecule has 1 saturated heterocycles. The van der Waals surface area contributed by atoms with Crippen molar-refractivity contribution in [1.29, 1.82) is 0 Å². The Labute approximate surface area is 137 Å². The molecule has 1 fully saturated rings. The smallest absolute Gasteiger partial charge is 0.266 e. The summed E-state index contributed by atoms with van der Waals surface area (Å²) in [5, 5.41) is 2.69. The van der Waals surface area contributed by atoms with Gasteiger partial charge in [-0.05, 0) is 55.3 Å². The first-order valence-electron chi connectivity index (χ1n) is 6.94. The van der Waals surface area contributed by atoms with E-state index in [1.807, 2.05) is 55.6 Å². The molecule has 0 radical (unpaired) electrons. The minimum absolute atomic E-state index is 0.00676. The summed E-state index contributed by atoms with van der Waals surface area (Å²) in [7, 11) is 0. The quantitative estimate of drug-likeness (QED) is 0.797. The molecule has 22 heavy (non-hydrogen) atoms. The van der Waals surface area contributed by atoms with Crippen LogP contribution < -0.4 is 0 Å². The fourth-order valence-corrected chi connectivity index (χ4v) is 3.84. The first kappa shape index (κ1) is 15.0. The molecule has 3 rings (SSSR count). The number of carbonyl (C=O) groups is 1. The van der Waals surface area contributed by atoms with Crippen LogP contribution in [0.1, 0.15) is 17.5 Å². The van der Waals surface area contributed by atoms with Gasteiger partial charge in [0.25, 0.3) is 5.91 Å². The van der Waals surface area contributed by atoms with E-state index < -0.39 is 0 Å². The lowest BCUT2D eigenvalue weighted by Crippen LogP contribution is -2.28. The van der Waals surface area contributed by atoms with Crippen molar-refractivity contribution < 1.29 is 4.79 Å². The Morgan fingerprint density at radius 3 is 2.86 bits per heavy atom. The predicted molar refractivity (Wildman–Crippen MR) is 93.3 cm³/mol. The average molecular weight is 329 g/mol. The summed E-state index contributed by atoms with van der Waals surface area (Å²) in [5.41, 5.74) is 0.911. The molecule has 1 amide bonds. The van der Waals surface area contributed by atoms with Gasteiger partial charge in [0, 0.05) is 17.1 Å². The monoisotopic (exact) mass is 329 g/mol. The summed E-state index contributed by atoms with van der Waals surface area (Å²) in [6.07, 6.45) is 1.92. The molecule has 0 aromatic carbocycles. The molecule has 0 N–H and O–H groups in total. The van der Waals surface area contributed by atoms with Crippen LogP contribution in [0.4, 0.5) is 5.82 Å². The number of carbonyl (C=O) groups excluding carboxylic acids is 1. The summed E-state index contributed by atoms with van der Waals surface area (Å²) in [6.45, 7) is 4.47. The van der Waals surface area contributed by atoms with E-state index in [1.165, 1.54) is 11.8 Å². The Morgan fingerprint density at radius 2 is 2.18 bits per heavy atom. The van der Waals surface area contributed by atoms with Crippen molar-refractivity contribution in [1.82, 2.24) is 9.88 Å². The van der Waals surface area contributed by atoms with Crippen molar-refractivity contribution in [2.75, 3.05) is 6.54 Å². The Balaban J connectivity index is 1.93. The van der Waals surface area contributed by atoms with Gasteiger partial charge >= 0.3 is 0 Å². The molecule has 1 aliphatic heterocycles. The lowest BCUT2D eigenvalue weighted by Gasteiger charge is -2.11. The van der Waals surface area contributed by atoms with E-state index in [0.29, 0.717) is 22.4 Å². The van der Waals surface area contributed by atoms with Gasteiger partial charge in [-0.3, -0.25) is 9.69 Å². The SMILES string of the molecule is CCN1C(=O)/C(=C\c2cccs2)S/C1=N/c1cccc(C)n1. The molecule has 1 aliphatic rings. The number of hydrogen-bond acceptors (Lipinski definition) is 5. The van der Waals surface area contributed by atoms with Crippen LogP contribution in [-0.4, -0.2) is 27.5 Å². The van der Waals surface area contributed by atoms with Crippen LogP contribution >= 0.6 is 23.1 Å². The van der Waals surface area contributed by atoms with Gasteiger partial charge in [0.05, 0.1) is 4.91 Å². The zero-order valence-electron chi connectivity index (χ0n) is 12.3. The van der Waals surface area contributed by atoms with E-state index in [-0.39, 0.29) is 5.91 Å². The highest BCUT2D eigenvalue weighted by atomic mass is 32.2. The van der Waals surface area contributed by atoms with Crippen molar-refractivity contribution in [3.8, 4) is 0 Å². The second-order valence-corrected chi connectivity index (χ2v) is 6.70. The normalized spacial score (nSPS) is 18.6. The topological polar surface area (TPSA) is 45.6 Å². The summed E-state index contributed by atoms with van der Waals surface area (Å²) >= 11 is 3.02. The molecule has 0 spiro atoms. The molecule has 0 bridgehead atoms. The molecular formula is C16H15N3OS2. The first-order chi connectivity index (χ1) is 10.7. The molecule has 0 saturated carbocycles. The van der Waals surface area contributed by atoms with Crippen molar-refractivity contribution in [2.45, 2.75) is 13.8 Å². The van der Waals surface area contributed by atoms with Crippen molar-refractivity contribution >= 4 is 46.1 Å². The number of aryl methyl sites for hydroxylation is 1. The molecule has 3 heterocycles. The van der Waals surface area contributed by atoms with Crippen LogP contribution in [0.5, 0.6) is 0 Å². The van der Waals surface area contributed by atoms with Gasteiger partial charge in [-0.25, -0.2) is 9.98 Å². The Bertz CT molecular complexity index is 751. The number of amides is 1. The van der Waals surface area contributed by atoms with E-state index >= 15 is 0 Å². The molecule has 0 unspecified atom stereocenters. The van der Waals surface area contributed by atoms with Gasteiger partial charge in [0.1, 0.15) is 0 Å². The maximum absolute atomic E-state index is 12.5. The maximum atomic E-state index is 12.5. The van der Waals surface area contributed by atoms with E-state index in [2.05, 4.69) is 9.98 Å². The lowest BCUT2D eigenvalue weighted by molar-refractivity contribution is -0.122. The molecular weight excluding hydrogens is 314 g/mol. The highest BCUT2D eigenvalue weighted by Crippen LogP contribution is 2.34. The Kier molecular flexibility index (Phi) is 4.40. The zero-order chi connectivity index (χ0) is 15.5. The number of aliphatic imine (C=N–C) groups is 1. The number of pyridine rings is 1. The number of likely N-dealkylation sites (N-methyl/N-ethyl adjacent to an activating group) is 1. The molecule has 4 nitrogen and oxygen atoms in total. The molecule has 0 atom stereocenters. The number of thiophene rings is 1. The van der Waals surface area contributed by atoms with Gasteiger partial charge in [0.2, 0.25) is 0 Å². The number of nitrogens with zero attached hydrogens (tertiary/aromatic N) is 3. The Hall–Kier alpha value is -1.92. The number of rotatable bonds is 3. The second kappa shape index (κ2) is 6.46. The summed E-state index contributed by atoms with van der Waals surface area (Å²) in [6, 6.07) is 9.67. The van der Waals surface area contributed by atoms with Crippen LogP contribution in [-0.2, 0) is 4.79 Å². The first-order valence-corrected chi connectivity index (χ1v) is 8.64. The van der Waals surface area contributed by atoms with Gasteiger partial charge in [-0.1, -0.05) is 12.1 Å². The van der Waals surface area contributed by atoms with Crippen LogP contribution in [0.2, 0.25) is 0 Å². The highest BCUT2D eigenvalue weighted by molar-refractivity contribution is 8.18. The number of amidine groups is 1. The third-order valence-corrected chi connectivity index (χ3v) is 4.93. The van der Waals surface area contributed by atoms with Crippen molar-refractivity contribution in [2.24, 2.45) is 4.99 Å². The highest BCUT2D eigenvalue weighted by Gasteiger charge is 2.32. The molecule has 2 aromatic heterocycles. The summed E-state index contributed by atoms with van der Waals surface area (Å²) in [5.74, 6) is 0.637. The maximum Gasteiger partial charge on any atom is 0.266 e. The van der Waals surface area contributed by atoms with Crippen molar-refractivity contribution in [3.63, 3.8) is 0 Å². The predicted octanol–water partition coefficient (Wildman–Crippen LogP) is 4.08. The Morgan fingerprint density at radius 1 is 1.32 bits per heavy atom. The van der Waals surface area contributed by atoms with Gasteiger partial charge in [-0.15, -0.1) is 11.3 Å². The largest absolute Gasteiger partial charge is 0.287 e. The standard InChI is InChI=1S/C16H15N3OS2/c1-3-19-15(20)13(10-12-7-5-9-21-12)22-16(19)18-14-8-4-6-11(2)17-14/h4-10H,3H2,1-2H3/b13-10+,18-16+. The van der Waals surface area contributed by atoms with Crippen LogP contribution in [0.3, 0.4) is 0 Å². The minimum atomic E-state index is 0.00676. The van der Waals surface area contributed by atoms with Crippen LogP contribution in [0, 0.1) is 6.92 Å². The number of hydrogen-bond donors (Lipinski definition) is 0. The number of thioether (sulfide) groups is 1. The molecule has 2 aromatic rings. The third-order valence-electron chi connectivity index (χ3n) is 3.10. The van der Waals surface area contributed by atoms with E-state index in [1.54, 1.807) is 16.2 Å². The second-order valence-electron chi connectivity index (χ2n) is 4.71. The molecule has 0 aliphatic carbocycles. The average Bonchev–Trinajstić information content (AvgIpc) is 3.09. The number of aromatic nitrogens is 1. The van der Waals surface area contributed by atoms with Crippen LogP contribution in [0.15, 0.2) is 45.6 Å². The zero-order valence-corrected chi connectivity index (χ0v) is 13.9. The third kappa shape index (κ3) is 3.13. The van der Waals surface area contributed by atoms with Gasteiger partial charge in [-0.2, -0.15) is 0 Å². The fourth-order valence-electron chi connectivity index (χ4n) is 2.06. The van der Waals surface area contributed by atoms with E-state index in [9.17, 15) is 4.79 Å². The molecule has 6 heteroatoms. The van der Waals surface area contributed by atoms with Crippen molar-refractivity contribution in [3.05, 3.63) is 51.2 Å². The minimum Gasteiger partial charge on any atom is -0.287 e. The van der Waals surface area contributed by atoms with Crippen LogP contribution in [0.25, 0.3) is 6.08 Å². The summed E-state index contributed by atoms with van der Waals surface area (Å²) in [4.78, 5) is 24.8. The fraction of sp³-hybridized carbons (Fsp3) is 0.188. The van der Waals surface area contributed by atoms with E-state index in [0.717, 1.165) is 10.6 Å². The van der Waals surface area contributed by atoms with E-state index in [4.69, 9.17) is 0 Å².